The lowest BCUT2D eigenvalue weighted by Gasteiger charge is -2.05. The van der Waals surface area contributed by atoms with Crippen LogP contribution in [0.2, 0.25) is 0 Å². The van der Waals surface area contributed by atoms with Crippen molar-refractivity contribution in [1.29, 1.82) is 5.26 Å². The Labute approximate surface area is 133 Å². The molecule has 4 nitrogen and oxygen atoms in total. The molecule has 0 heterocycles. The van der Waals surface area contributed by atoms with E-state index >= 15 is 0 Å². The highest BCUT2D eigenvalue weighted by molar-refractivity contribution is 6.09. The van der Waals surface area contributed by atoms with Crippen LogP contribution in [0.3, 0.4) is 0 Å². The number of nitriles is 1. The second-order valence-electron chi connectivity index (χ2n) is 4.63. The molecule has 1 N–H and O–H groups in total. The molecule has 0 spiro atoms. The smallest absolute Gasteiger partial charge is 0.266 e. The first-order valence-corrected chi connectivity index (χ1v) is 7.04. The molecule has 116 valence electrons. The second kappa shape index (κ2) is 7.76. The molecule has 0 unspecified atom stereocenters. The largest absolute Gasteiger partial charge is 0.494 e. The van der Waals surface area contributed by atoms with Gasteiger partial charge in [0, 0.05) is 5.69 Å². The van der Waals surface area contributed by atoms with E-state index in [0.717, 1.165) is 5.75 Å². The Kier molecular flexibility index (Phi) is 5.48. The van der Waals surface area contributed by atoms with Gasteiger partial charge in [0.15, 0.2) is 0 Å². The lowest BCUT2D eigenvalue weighted by molar-refractivity contribution is -0.112. The van der Waals surface area contributed by atoms with Gasteiger partial charge in [0.1, 0.15) is 23.2 Å². The molecule has 2 aromatic rings. The predicted octanol–water partition coefficient (Wildman–Crippen LogP) is 3.77. The van der Waals surface area contributed by atoms with Crippen LogP contribution in [0.15, 0.2) is 54.1 Å². The molecule has 0 fully saturated rings. The molecule has 0 aliphatic carbocycles. The van der Waals surface area contributed by atoms with E-state index in [2.05, 4.69) is 5.32 Å². The van der Waals surface area contributed by atoms with Gasteiger partial charge in [0.25, 0.3) is 5.91 Å². The second-order valence-corrected chi connectivity index (χ2v) is 4.63. The molecule has 0 saturated carbocycles. The molecule has 5 heteroatoms. The number of halogens is 1. The lowest BCUT2D eigenvalue weighted by Crippen LogP contribution is -2.13. The van der Waals surface area contributed by atoms with Gasteiger partial charge in [0.05, 0.1) is 6.61 Å². The maximum absolute atomic E-state index is 12.8. The number of anilines is 1. The van der Waals surface area contributed by atoms with Crippen LogP contribution in [-0.2, 0) is 4.79 Å². The first-order valence-electron chi connectivity index (χ1n) is 7.04. The normalized spacial score (nSPS) is 10.7. The zero-order valence-corrected chi connectivity index (χ0v) is 12.5. The summed E-state index contributed by atoms with van der Waals surface area (Å²) in [6, 6.07) is 14.2. The molecular formula is C18H15FN2O2. The third-order valence-corrected chi connectivity index (χ3v) is 2.97. The summed E-state index contributed by atoms with van der Waals surface area (Å²) in [6.45, 7) is 2.46. The highest BCUT2D eigenvalue weighted by Gasteiger charge is 2.09. The first-order chi connectivity index (χ1) is 11.1. The molecule has 0 aromatic heterocycles. The van der Waals surface area contributed by atoms with Gasteiger partial charge >= 0.3 is 0 Å². The maximum atomic E-state index is 12.8. The van der Waals surface area contributed by atoms with Gasteiger partial charge in [-0.2, -0.15) is 5.26 Å². The molecular weight excluding hydrogens is 295 g/mol. The van der Waals surface area contributed by atoms with Gasteiger partial charge in [-0.3, -0.25) is 4.79 Å². The minimum absolute atomic E-state index is 0.0431. The Morgan fingerprint density at radius 2 is 1.87 bits per heavy atom. The average molecular weight is 310 g/mol. The average Bonchev–Trinajstić information content (AvgIpc) is 2.56. The monoisotopic (exact) mass is 310 g/mol. The number of ether oxygens (including phenoxy) is 1. The summed E-state index contributed by atoms with van der Waals surface area (Å²) in [4.78, 5) is 12.1. The summed E-state index contributed by atoms with van der Waals surface area (Å²) >= 11 is 0. The molecule has 23 heavy (non-hydrogen) atoms. The highest BCUT2D eigenvalue weighted by atomic mass is 19.1. The van der Waals surface area contributed by atoms with Crippen molar-refractivity contribution in [3.63, 3.8) is 0 Å². The van der Waals surface area contributed by atoms with Crippen molar-refractivity contribution < 1.29 is 13.9 Å². The summed E-state index contributed by atoms with van der Waals surface area (Å²) in [6.07, 6.45) is 1.48. The molecule has 0 aliphatic heterocycles. The Morgan fingerprint density at radius 1 is 1.22 bits per heavy atom. The summed E-state index contributed by atoms with van der Waals surface area (Å²) in [7, 11) is 0. The van der Waals surface area contributed by atoms with E-state index < -0.39 is 11.7 Å². The molecule has 1 amide bonds. The van der Waals surface area contributed by atoms with Crippen molar-refractivity contribution in [2.45, 2.75) is 6.92 Å². The van der Waals surface area contributed by atoms with E-state index in [-0.39, 0.29) is 5.57 Å². The van der Waals surface area contributed by atoms with Gasteiger partial charge in [-0.1, -0.05) is 12.1 Å². The molecule has 0 aliphatic rings. The number of carbonyl (C=O) groups is 1. The van der Waals surface area contributed by atoms with Crippen molar-refractivity contribution in [2.24, 2.45) is 0 Å². The molecule has 0 saturated heterocycles. The SMILES string of the molecule is CCOc1ccc(/C=C(/C#N)C(=O)Nc2ccc(F)cc2)cc1. The van der Waals surface area contributed by atoms with Gasteiger partial charge < -0.3 is 10.1 Å². The minimum atomic E-state index is -0.548. The number of nitrogens with zero attached hydrogens (tertiary/aromatic N) is 1. The number of benzene rings is 2. The van der Waals surface area contributed by atoms with Crippen LogP contribution >= 0.6 is 0 Å². The van der Waals surface area contributed by atoms with Gasteiger partial charge in [0.2, 0.25) is 0 Å². The van der Waals surface area contributed by atoms with Crippen molar-refractivity contribution >= 4 is 17.7 Å². The Balaban J connectivity index is 2.12. The topological polar surface area (TPSA) is 62.1 Å². The Bertz CT molecular complexity index is 744. The minimum Gasteiger partial charge on any atom is -0.494 e. The summed E-state index contributed by atoms with van der Waals surface area (Å²) < 4.78 is 18.2. The van der Waals surface area contributed by atoms with Crippen LogP contribution < -0.4 is 10.1 Å². The fourth-order valence-electron chi connectivity index (χ4n) is 1.87. The lowest BCUT2D eigenvalue weighted by atomic mass is 10.1. The molecule has 2 aromatic carbocycles. The zero-order chi connectivity index (χ0) is 16.7. The number of amides is 1. The predicted molar refractivity (Wildman–Crippen MR) is 86.2 cm³/mol. The van der Waals surface area contributed by atoms with Crippen LogP contribution in [0.4, 0.5) is 10.1 Å². The van der Waals surface area contributed by atoms with Crippen LogP contribution in [0.1, 0.15) is 12.5 Å². The van der Waals surface area contributed by atoms with E-state index in [0.29, 0.717) is 17.9 Å². The molecule has 0 atom stereocenters. The van der Waals surface area contributed by atoms with E-state index in [9.17, 15) is 9.18 Å². The number of hydrogen-bond donors (Lipinski definition) is 1. The van der Waals surface area contributed by atoms with E-state index in [1.54, 1.807) is 24.3 Å². The fourth-order valence-corrected chi connectivity index (χ4v) is 1.87. The van der Waals surface area contributed by atoms with Crippen LogP contribution in [0.5, 0.6) is 5.75 Å². The highest BCUT2D eigenvalue weighted by Crippen LogP contribution is 2.16. The number of nitrogens with one attached hydrogen (secondary N) is 1. The third kappa shape index (κ3) is 4.68. The Morgan fingerprint density at radius 3 is 2.43 bits per heavy atom. The summed E-state index contributed by atoms with van der Waals surface area (Å²) in [5, 5.41) is 11.7. The van der Waals surface area contributed by atoms with Gasteiger partial charge in [-0.25, -0.2) is 4.39 Å². The summed E-state index contributed by atoms with van der Waals surface area (Å²) in [5.41, 5.74) is 1.09. The van der Waals surface area contributed by atoms with Crippen molar-refractivity contribution in [1.82, 2.24) is 0 Å². The van der Waals surface area contributed by atoms with E-state index in [1.165, 1.54) is 30.3 Å². The number of carbonyl (C=O) groups excluding carboxylic acids is 1. The van der Waals surface area contributed by atoms with Crippen molar-refractivity contribution in [3.8, 4) is 11.8 Å². The van der Waals surface area contributed by atoms with Crippen LogP contribution in [0, 0.1) is 17.1 Å². The fraction of sp³-hybridized carbons (Fsp3) is 0.111. The molecule has 2 rings (SSSR count). The number of hydrogen-bond acceptors (Lipinski definition) is 3. The molecule has 0 radical (unpaired) electrons. The number of rotatable bonds is 5. The Hall–Kier alpha value is -3.13. The van der Waals surface area contributed by atoms with Crippen LogP contribution in [-0.4, -0.2) is 12.5 Å². The van der Waals surface area contributed by atoms with Gasteiger partial charge in [-0.15, -0.1) is 0 Å². The summed E-state index contributed by atoms with van der Waals surface area (Å²) in [5.74, 6) is -0.222. The first kappa shape index (κ1) is 16.2. The quantitative estimate of drug-likeness (QED) is 0.675. The van der Waals surface area contributed by atoms with E-state index in [1.807, 2.05) is 13.0 Å². The standard InChI is InChI=1S/C18H15FN2O2/c1-2-23-17-9-3-13(4-10-17)11-14(12-20)18(22)21-16-7-5-15(19)6-8-16/h3-11H,2H2,1H3,(H,21,22)/b14-11-. The van der Waals surface area contributed by atoms with Crippen LogP contribution in [0.25, 0.3) is 6.08 Å². The van der Waals surface area contributed by atoms with Gasteiger partial charge in [-0.05, 0) is 55.0 Å². The van der Waals surface area contributed by atoms with E-state index in [4.69, 9.17) is 10.00 Å². The third-order valence-electron chi connectivity index (χ3n) is 2.97. The maximum Gasteiger partial charge on any atom is 0.266 e. The zero-order valence-electron chi connectivity index (χ0n) is 12.5. The van der Waals surface area contributed by atoms with Crippen molar-refractivity contribution in [2.75, 3.05) is 11.9 Å². The molecule has 0 bridgehead atoms. The van der Waals surface area contributed by atoms with Crippen molar-refractivity contribution in [3.05, 3.63) is 65.5 Å².